The molecular weight excluding hydrogens is 226 g/mol. The average molecular weight is 251 g/mol. The van der Waals surface area contributed by atoms with Gasteiger partial charge in [0.15, 0.2) is 0 Å². The SMILES string of the molecule is CCC(C)(CC)COc1cccc(OCCN)c1. The second-order valence-electron chi connectivity index (χ2n) is 4.92. The van der Waals surface area contributed by atoms with Crippen LogP contribution < -0.4 is 15.2 Å². The van der Waals surface area contributed by atoms with Gasteiger partial charge in [-0.3, -0.25) is 0 Å². The summed E-state index contributed by atoms with van der Waals surface area (Å²) in [4.78, 5) is 0. The van der Waals surface area contributed by atoms with E-state index in [4.69, 9.17) is 15.2 Å². The lowest BCUT2D eigenvalue weighted by Gasteiger charge is -2.26. The topological polar surface area (TPSA) is 44.5 Å². The molecule has 1 rings (SSSR count). The van der Waals surface area contributed by atoms with Gasteiger partial charge in [0.05, 0.1) is 6.61 Å². The van der Waals surface area contributed by atoms with Crippen LogP contribution in [-0.2, 0) is 0 Å². The number of ether oxygens (including phenoxy) is 2. The fraction of sp³-hybridized carbons (Fsp3) is 0.600. The number of nitrogens with two attached hydrogens (primary N) is 1. The number of hydrogen-bond donors (Lipinski definition) is 1. The van der Waals surface area contributed by atoms with E-state index in [0.717, 1.165) is 30.9 Å². The van der Waals surface area contributed by atoms with Crippen LogP contribution in [0.15, 0.2) is 24.3 Å². The fourth-order valence-corrected chi connectivity index (χ4v) is 1.54. The molecule has 2 N–H and O–H groups in total. The van der Waals surface area contributed by atoms with E-state index in [9.17, 15) is 0 Å². The molecule has 0 saturated carbocycles. The smallest absolute Gasteiger partial charge is 0.123 e. The Morgan fingerprint density at radius 3 is 2.28 bits per heavy atom. The van der Waals surface area contributed by atoms with Gasteiger partial charge in [0, 0.05) is 18.0 Å². The average Bonchev–Trinajstić information content (AvgIpc) is 2.43. The number of hydrogen-bond acceptors (Lipinski definition) is 3. The molecule has 18 heavy (non-hydrogen) atoms. The molecule has 0 bridgehead atoms. The Labute approximate surface area is 110 Å². The molecule has 0 heterocycles. The first-order valence-electron chi connectivity index (χ1n) is 6.69. The molecule has 0 atom stereocenters. The molecule has 102 valence electrons. The van der Waals surface area contributed by atoms with Gasteiger partial charge in [-0.1, -0.05) is 26.8 Å². The quantitative estimate of drug-likeness (QED) is 0.771. The summed E-state index contributed by atoms with van der Waals surface area (Å²) >= 11 is 0. The van der Waals surface area contributed by atoms with Crippen molar-refractivity contribution >= 4 is 0 Å². The normalized spacial score (nSPS) is 11.3. The third-order valence-electron chi connectivity index (χ3n) is 3.49. The van der Waals surface area contributed by atoms with Crippen LogP contribution in [-0.4, -0.2) is 19.8 Å². The molecule has 0 amide bonds. The fourth-order valence-electron chi connectivity index (χ4n) is 1.54. The highest BCUT2D eigenvalue weighted by Gasteiger charge is 2.20. The van der Waals surface area contributed by atoms with Gasteiger partial charge in [0.25, 0.3) is 0 Å². The van der Waals surface area contributed by atoms with Crippen LogP contribution in [0.5, 0.6) is 11.5 Å². The zero-order valence-electron chi connectivity index (χ0n) is 11.7. The monoisotopic (exact) mass is 251 g/mol. The Balaban J connectivity index is 2.56. The van der Waals surface area contributed by atoms with Gasteiger partial charge in [-0.05, 0) is 25.0 Å². The van der Waals surface area contributed by atoms with Gasteiger partial charge < -0.3 is 15.2 Å². The first-order chi connectivity index (χ1) is 8.63. The Bertz CT molecular complexity index is 348. The molecule has 0 fully saturated rings. The van der Waals surface area contributed by atoms with Gasteiger partial charge in [-0.2, -0.15) is 0 Å². The molecule has 1 aromatic carbocycles. The van der Waals surface area contributed by atoms with E-state index >= 15 is 0 Å². The van der Waals surface area contributed by atoms with Crippen molar-refractivity contribution in [1.29, 1.82) is 0 Å². The summed E-state index contributed by atoms with van der Waals surface area (Å²) < 4.78 is 11.3. The highest BCUT2D eigenvalue weighted by Crippen LogP contribution is 2.27. The zero-order chi connectivity index (χ0) is 13.4. The lowest BCUT2D eigenvalue weighted by Crippen LogP contribution is -2.23. The van der Waals surface area contributed by atoms with E-state index in [2.05, 4.69) is 20.8 Å². The molecule has 0 radical (unpaired) electrons. The molecular formula is C15H25NO2. The van der Waals surface area contributed by atoms with Gasteiger partial charge >= 0.3 is 0 Å². The van der Waals surface area contributed by atoms with Gasteiger partial charge in [0.1, 0.15) is 18.1 Å². The predicted octanol–water partition coefficient (Wildman–Crippen LogP) is 3.23. The van der Waals surface area contributed by atoms with E-state index in [1.54, 1.807) is 0 Å². The Kier molecular flexibility index (Phi) is 5.99. The van der Waals surface area contributed by atoms with Crippen molar-refractivity contribution in [3.63, 3.8) is 0 Å². The second kappa shape index (κ2) is 7.27. The van der Waals surface area contributed by atoms with Crippen LogP contribution in [0.1, 0.15) is 33.6 Å². The molecule has 3 heteroatoms. The van der Waals surface area contributed by atoms with Crippen molar-refractivity contribution < 1.29 is 9.47 Å². The minimum Gasteiger partial charge on any atom is -0.493 e. The molecule has 0 saturated heterocycles. The first kappa shape index (κ1) is 14.8. The largest absolute Gasteiger partial charge is 0.493 e. The lowest BCUT2D eigenvalue weighted by molar-refractivity contribution is 0.151. The second-order valence-corrected chi connectivity index (χ2v) is 4.92. The van der Waals surface area contributed by atoms with Crippen molar-refractivity contribution in [1.82, 2.24) is 0 Å². The number of rotatable bonds is 8. The highest BCUT2D eigenvalue weighted by molar-refractivity contribution is 5.32. The molecule has 0 aliphatic heterocycles. The summed E-state index contributed by atoms with van der Waals surface area (Å²) in [5.74, 6) is 1.67. The summed E-state index contributed by atoms with van der Waals surface area (Å²) in [5.41, 5.74) is 5.65. The van der Waals surface area contributed by atoms with Crippen LogP contribution in [0.2, 0.25) is 0 Å². The standard InChI is InChI=1S/C15H25NO2/c1-4-15(3,5-2)12-18-14-8-6-7-13(11-14)17-10-9-16/h6-8,11H,4-5,9-10,12,16H2,1-3H3. The maximum absolute atomic E-state index is 5.86. The molecule has 0 aromatic heterocycles. The minimum absolute atomic E-state index is 0.244. The maximum atomic E-state index is 5.86. The van der Waals surface area contributed by atoms with Crippen LogP contribution >= 0.6 is 0 Å². The third-order valence-corrected chi connectivity index (χ3v) is 3.49. The van der Waals surface area contributed by atoms with E-state index < -0.39 is 0 Å². The summed E-state index contributed by atoms with van der Waals surface area (Å²) in [6.07, 6.45) is 2.24. The Hall–Kier alpha value is -1.22. The predicted molar refractivity (Wildman–Crippen MR) is 75.2 cm³/mol. The van der Waals surface area contributed by atoms with E-state index in [0.29, 0.717) is 13.2 Å². The van der Waals surface area contributed by atoms with Crippen LogP contribution in [0.3, 0.4) is 0 Å². The maximum Gasteiger partial charge on any atom is 0.123 e. The van der Waals surface area contributed by atoms with Gasteiger partial charge in [0.2, 0.25) is 0 Å². The van der Waals surface area contributed by atoms with E-state index in [1.165, 1.54) is 0 Å². The van der Waals surface area contributed by atoms with Crippen LogP contribution in [0, 0.1) is 5.41 Å². The van der Waals surface area contributed by atoms with Gasteiger partial charge in [-0.25, -0.2) is 0 Å². The zero-order valence-corrected chi connectivity index (χ0v) is 11.7. The summed E-state index contributed by atoms with van der Waals surface area (Å²) in [6.45, 7) is 8.45. The van der Waals surface area contributed by atoms with Crippen molar-refractivity contribution in [2.75, 3.05) is 19.8 Å². The van der Waals surface area contributed by atoms with E-state index in [-0.39, 0.29) is 5.41 Å². The molecule has 0 aliphatic carbocycles. The lowest BCUT2D eigenvalue weighted by atomic mass is 9.86. The van der Waals surface area contributed by atoms with Crippen molar-refractivity contribution in [2.24, 2.45) is 11.1 Å². The third kappa shape index (κ3) is 4.57. The summed E-state index contributed by atoms with van der Waals surface area (Å²) in [7, 11) is 0. The summed E-state index contributed by atoms with van der Waals surface area (Å²) in [5, 5.41) is 0. The molecule has 1 aromatic rings. The van der Waals surface area contributed by atoms with E-state index in [1.807, 2.05) is 24.3 Å². The molecule has 3 nitrogen and oxygen atoms in total. The van der Waals surface area contributed by atoms with Gasteiger partial charge in [-0.15, -0.1) is 0 Å². The molecule has 0 spiro atoms. The Morgan fingerprint density at radius 2 is 1.72 bits per heavy atom. The van der Waals surface area contributed by atoms with Crippen LogP contribution in [0.4, 0.5) is 0 Å². The Morgan fingerprint density at radius 1 is 1.11 bits per heavy atom. The molecule has 0 aliphatic rings. The number of benzene rings is 1. The first-order valence-corrected chi connectivity index (χ1v) is 6.69. The van der Waals surface area contributed by atoms with Crippen molar-refractivity contribution in [3.05, 3.63) is 24.3 Å². The minimum atomic E-state index is 0.244. The van der Waals surface area contributed by atoms with Crippen LogP contribution in [0.25, 0.3) is 0 Å². The summed E-state index contributed by atoms with van der Waals surface area (Å²) in [6, 6.07) is 7.74. The van der Waals surface area contributed by atoms with Crippen molar-refractivity contribution in [3.8, 4) is 11.5 Å². The molecule has 0 unspecified atom stereocenters. The van der Waals surface area contributed by atoms with Crippen molar-refractivity contribution in [2.45, 2.75) is 33.6 Å². The highest BCUT2D eigenvalue weighted by atomic mass is 16.5.